The van der Waals surface area contributed by atoms with Crippen LogP contribution < -0.4 is 0 Å². The van der Waals surface area contributed by atoms with Crippen LogP contribution in [0.25, 0.3) is 0 Å². The fourth-order valence-electron chi connectivity index (χ4n) is 0. The van der Waals surface area contributed by atoms with Gasteiger partial charge in [0.25, 0.3) is 0 Å². The van der Waals surface area contributed by atoms with Gasteiger partial charge in [0.1, 0.15) is 0 Å². The van der Waals surface area contributed by atoms with Crippen molar-refractivity contribution in [3.05, 3.63) is 0 Å². The van der Waals surface area contributed by atoms with Gasteiger partial charge in [0.2, 0.25) is 0 Å². The Hall–Kier alpha value is 0.906. The number of hydrogen-bond acceptors (Lipinski definition) is 1. The Morgan fingerprint density at radius 3 is 1.29 bits per heavy atom. The second kappa shape index (κ2) is 15.8. The first-order chi connectivity index (χ1) is 1.73. The average molecular weight is 181 g/mol. The largest absolute Gasteiger partial charge is 0 e. The molecule has 1 radical (unpaired) electrons. The fraction of sp³-hybridized carbons (Fsp3) is 0. The molecule has 0 heterocycles. The summed E-state index contributed by atoms with van der Waals surface area (Å²) in [7, 11) is 0. The minimum absolute atomic E-state index is 0. The molecule has 0 saturated heterocycles. The molecule has 0 aromatic rings. The monoisotopic (exact) mass is 181 g/mol. The van der Waals surface area contributed by atoms with Crippen molar-refractivity contribution in [2.45, 2.75) is 0 Å². The Bertz CT molecular complexity index is 37.9. The van der Waals surface area contributed by atoms with Crippen molar-refractivity contribution >= 4 is 25.0 Å². The van der Waals surface area contributed by atoms with Gasteiger partial charge in [-0.25, -0.2) is 4.79 Å². The van der Waals surface area contributed by atoms with Crippen molar-refractivity contribution in [2.75, 3.05) is 0 Å². The molecular formula is CH3FeLiMnO3. The zero-order chi connectivity index (χ0) is 3.58. The van der Waals surface area contributed by atoms with Gasteiger partial charge in [-0.1, -0.05) is 0 Å². The summed E-state index contributed by atoms with van der Waals surface area (Å²) < 4.78 is 0. The number of carboxylic acid groups (broad SMARTS) is 2. The molecule has 0 atom stereocenters. The fourth-order valence-corrected chi connectivity index (χ4v) is 0. The van der Waals surface area contributed by atoms with E-state index in [0.29, 0.717) is 0 Å². The molecule has 0 spiro atoms. The topological polar surface area (TPSA) is 57.5 Å². The van der Waals surface area contributed by atoms with E-state index >= 15 is 0 Å². The smallest absolute Gasteiger partial charge is 0 e. The van der Waals surface area contributed by atoms with E-state index < -0.39 is 6.16 Å². The van der Waals surface area contributed by atoms with Crippen molar-refractivity contribution in [3.8, 4) is 0 Å². The minimum Gasteiger partial charge on any atom is 0 e. The molecule has 7 heavy (non-hydrogen) atoms. The Labute approximate surface area is 74.0 Å². The van der Waals surface area contributed by atoms with Crippen molar-refractivity contribution in [2.24, 2.45) is 0 Å². The summed E-state index contributed by atoms with van der Waals surface area (Å²) in [5.41, 5.74) is 0. The molecule has 0 bridgehead atoms. The van der Waals surface area contributed by atoms with E-state index in [4.69, 9.17) is 15.0 Å². The summed E-state index contributed by atoms with van der Waals surface area (Å²) >= 11 is 0. The summed E-state index contributed by atoms with van der Waals surface area (Å²) in [5.74, 6) is 0. The van der Waals surface area contributed by atoms with Crippen LogP contribution in [0.1, 0.15) is 0 Å². The van der Waals surface area contributed by atoms with Crippen molar-refractivity contribution in [3.63, 3.8) is 0 Å². The Balaban J connectivity index is -0.0000000150. The third kappa shape index (κ3) is 202. The molecule has 0 amide bonds. The minimum atomic E-state index is -1.83. The number of rotatable bonds is 0. The summed E-state index contributed by atoms with van der Waals surface area (Å²) in [6, 6.07) is 0. The van der Waals surface area contributed by atoms with Crippen molar-refractivity contribution in [1.29, 1.82) is 0 Å². The van der Waals surface area contributed by atoms with E-state index in [1.165, 1.54) is 0 Å². The van der Waals surface area contributed by atoms with Gasteiger partial charge in [-0.3, -0.25) is 0 Å². The molecule has 0 aromatic heterocycles. The standard InChI is InChI=1S/CH2O3.Fe.Li.Mn.H/c2-1(3)4;;;;/h(H2,2,3,4);;;;. The third-order valence-electron chi connectivity index (χ3n) is 0. The normalized spacial score (nSPS) is 3.43. The first-order valence-electron chi connectivity index (χ1n) is 0.651. The predicted molar refractivity (Wildman–Crippen MR) is 17.8 cm³/mol. The molecule has 41 valence electrons. The van der Waals surface area contributed by atoms with Crippen molar-refractivity contribution in [1.82, 2.24) is 0 Å². The Kier molecular flexibility index (Phi) is 55.7. The molecule has 0 unspecified atom stereocenters. The van der Waals surface area contributed by atoms with E-state index in [2.05, 4.69) is 0 Å². The van der Waals surface area contributed by atoms with Crippen LogP contribution in [0.15, 0.2) is 0 Å². The molecule has 0 aromatic carbocycles. The zero-order valence-electron chi connectivity index (χ0n) is 2.53. The van der Waals surface area contributed by atoms with Crippen LogP contribution in [0.5, 0.6) is 0 Å². The van der Waals surface area contributed by atoms with Gasteiger partial charge in [0.05, 0.1) is 0 Å². The van der Waals surface area contributed by atoms with Gasteiger partial charge in [-0.05, 0) is 0 Å². The SMILES string of the molecule is O=C(O)O.[Fe].[LiH].[Mn]. The zero-order valence-corrected chi connectivity index (χ0v) is 4.82. The first kappa shape index (κ1) is 24.7. The van der Waals surface area contributed by atoms with Crippen LogP contribution in [-0.4, -0.2) is 35.2 Å². The summed E-state index contributed by atoms with van der Waals surface area (Å²) in [4.78, 5) is 8.56. The maximum absolute atomic E-state index is 8.56. The molecule has 0 aliphatic heterocycles. The van der Waals surface area contributed by atoms with Crippen LogP contribution in [-0.2, 0) is 34.1 Å². The summed E-state index contributed by atoms with van der Waals surface area (Å²) in [6.45, 7) is 0. The van der Waals surface area contributed by atoms with Gasteiger partial charge < -0.3 is 10.2 Å². The van der Waals surface area contributed by atoms with E-state index in [9.17, 15) is 0 Å². The van der Waals surface area contributed by atoms with Crippen LogP contribution in [0.3, 0.4) is 0 Å². The van der Waals surface area contributed by atoms with Gasteiger partial charge in [-0.15, -0.1) is 0 Å². The number of hydrogen-bond donors (Lipinski definition) is 2. The van der Waals surface area contributed by atoms with Crippen LogP contribution in [0, 0.1) is 0 Å². The average Bonchev–Trinajstić information content (AvgIpc) is 0.811. The Morgan fingerprint density at radius 1 is 1.29 bits per heavy atom. The van der Waals surface area contributed by atoms with E-state index in [-0.39, 0.29) is 53.0 Å². The first-order valence-corrected chi connectivity index (χ1v) is 0.651. The molecule has 0 fully saturated rings. The predicted octanol–water partition coefficient (Wildman–Crippen LogP) is -0.431. The summed E-state index contributed by atoms with van der Waals surface area (Å²) in [6.07, 6.45) is -1.83. The van der Waals surface area contributed by atoms with Gasteiger partial charge in [0.15, 0.2) is 0 Å². The quantitative estimate of drug-likeness (QED) is 0.498. The molecule has 0 saturated carbocycles. The molecule has 0 aliphatic rings. The number of carbonyl (C=O) groups is 1. The van der Waals surface area contributed by atoms with E-state index in [0.717, 1.165) is 0 Å². The second-order valence-electron chi connectivity index (χ2n) is 0.283. The summed E-state index contributed by atoms with van der Waals surface area (Å²) in [5, 5.41) is 13.9. The van der Waals surface area contributed by atoms with E-state index in [1.807, 2.05) is 0 Å². The second-order valence-corrected chi connectivity index (χ2v) is 0.283. The van der Waals surface area contributed by atoms with Gasteiger partial charge in [0, 0.05) is 34.1 Å². The third-order valence-corrected chi connectivity index (χ3v) is 0. The van der Waals surface area contributed by atoms with Crippen LogP contribution in [0.2, 0.25) is 0 Å². The van der Waals surface area contributed by atoms with Crippen molar-refractivity contribution < 1.29 is 49.1 Å². The maximum atomic E-state index is 8.56. The van der Waals surface area contributed by atoms with E-state index in [1.54, 1.807) is 0 Å². The molecule has 0 aliphatic carbocycles. The molecule has 3 nitrogen and oxygen atoms in total. The van der Waals surface area contributed by atoms with Crippen LogP contribution >= 0.6 is 0 Å². The van der Waals surface area contributed by atoms with Crippen LogP contribution in [0.4, 0.5) is 4.79 Å². The Morgan fingerprint density at radius 2 is 1.29 bits per heavy atom. The molecule has 2 N–H and O–H groups in total. The molecular weight excluding hydrogens is 178 g/mol. The molecule has 0 rings (SSSR count). The van der Waals surface area contributed by atoms with Gasteiger partial charge in [-0.2, -0.15) is 0 Å². The maximum Gasteiger partial charge on any atom is 0 e. The van der Waals surface area contributed by atoms with Gasteiger partial charge >= 0.3 is 25.0 Å². The molecule has 6 heteroatoms.